The van der Waals surface area contributed by atoms with Crippen molar-refractivity contribution in [2.45, 2.75) is 23.6 Å². The first-order valence-electron chi connectivity index (χ1n) is 4.71. The number of rotatable bonds is 5. The zero-order valence-electron chi connectivity index (χ0n) is 8.64. The molecule has 0 spiro atoms. The molecule has 0 aliphatic rings. The second-order valence-electron chi connectivity index (χ2n) is 3.45. The summed E-state index contributed by atoms with van der Waals surface area (Å²) >= 11 is 0.271. The maximum atomic E-state index is 10.5. The van der Waals surface area contributed by atoms with Gasteiger partial charge in [0, 0.05) is 0 Å². The van der Waals surface area contributed by atoms with Gasteiger partial charge in [0.1, 0.15) is 0 Å². The normalized spacial score (nSPS) is 12.4. The summed E-state index contributed by atoms with van der Waals surface area (Å²) in [7, 11) is 0. The Labute approximate surface area is 95.8 Å². The molecule has 1 aromatic rings. The zero-order chi connectivity index (χ0) is 11.3. The molecule has 1 atom stereocenters. The van der Waals surface area contributed by atoms with E-state index in [0.29, 0.717) is 5.32 Å². The van der Waals surface area contributed by atoms with E-state index >= 15 is 0 Å². The van der Waals surface area contributed by atoms with E-state index in [1.165, 1.54) is 11.1 Å². The Morgan fingerprint density at radius 1 is 1.47 bits per heavy atom. The van der Waals surface area contributed by atoms with E-state index in [2.05, 4.69) is 31.2 Å². The third kappa shape index (κ3) is 4.47. The van der Waals surface area contributed by atoms with Crippen molar-refractivity contribution in [3.8, 4) is 0 Å². The van der Waals surface area contributed by atoms with Crippen LogP contribution in [0.5, 0.6) is 0 Å². The van der Waals surface area contributed by atoms with Crippen LogP contribution >= 0.6 is 0 Å². The number of nitrogens with two attached hydrogens (primary N) is 1. The van der Waals surface area contributed by atoms with E-state index in [9.17, 15) is 4.79 Å². The number of hydrogen-bond donors (Lipinski definition) is 2. The van der Waals surface area contributed by atoms with Crippen LogP contribution in [0.25, 0.3) is 0 Å². The summed E-state index contributed by atoms with van der Waals surface area (Å²) in [6.45, 7) is 2.05. The summed E-state index contributed by atoms with van der Waals surface area (Å²) in [5, 5.41) is 10.1. The molecule has 3 N–H and O–H groups in total. The van der Waals surface area contributed by atoms with Crippen molar-refractivity contribution >= 4 is 20.9 Å². The van der Waals surface area contributed by atoms with Crippen LogP contribution in [0.15, 0.2) is 24.3 Å². The van der Waals surface area contributed by atoms with Crippen LogP contribution in [0.3, 0.4) is 0 Å². The Bertz CT molecular complexity index is 324. The van der Waals surface area contributed by atoms with E-state index in [1.807, 2.05) is 0 Å². The van der Waals surface area contributed by atoms with E-state index in [1.54, 1.807) is 0 Å². The number of hydrogen-bond acceptors (Lipinski definition) is 2. The Balaban J connectivity index is 2.32. The van der Waals surface area contributed by atoms with Crippen molar-refractivity contribution in [2.24, 2.45) is 5.73 Å². The maximum absolute atomic E-state index is 10.5. The second-order valence-corrected chi connectivity index (χ2v) is 5.61. The van der Waals surface area contributed by atoms with Gasteiger partial charge in [-0.25, -0.2) is 0 Å². The first-order chi connectivity index (χ1) is 7.09. The average Bonchev–Trinajstić information content (AvgIpc) is 2.20. The predicted molar refractivity (Wildman–Crippen MR) is 61.1 cm³/mol. The molecule has 0 radical (unpaired) electrons. The molecule has 0 saturated carbocycles. The molecule has 0 bridgehead atoms. The monoisotopic (exact) mass is 273 g/mol. The summed E-state index contributed by atoms with van der Waals surface area (Å²) in [5.74, 6) is -0.902. The van der Waals surface area contributed by atoms with Gasteiger partial charge in [0.15, 0.2) is 0 Å². The molecule has 0 aliphatic carbocycles. The van der Waals surface area contributed by atoms with Gasteiger partial charge < -0.3 is 0 Å². The van der Waals surface area contributed by atoms with Crippen molar-refractivity contribution in [1.82, 2.24) is 0 Å². The summed E-state index contributed by atoms with van der Waals surface area (Å²) in [4.78, 5) is 10.5. The molecule has 0 aromatic heterocycles. The molecule has 1 aromatic carbocycles. The van der Waals surface area contributed by atoms with E-state index in [-0.39, 0.29) is 15.0 Å². The molecule has 0 amide bonds. The van der Waals surface area contributed by atoms with Crippen LogP contribution in [0, 0.1) is 6.92 Å². The standard InChI is InChI=1S/C11H15NO2Se/c1-8-2-4-9(5-3-8)6-15-7-10(12)11(13)14/h2-5,10H,6-7,12H2,1H3,(H,13,14)/t10-/m0/s1. The van der Waals surface area contributed by atoms with Crippen LogP contribution in [-0.4, -0.2) is 32.1 Å². The number of aryl methyl sites for hydroxylation is 1. The van der Waals surface area contributed by atoms with Crippen molar-refractivity contribution in [3.05, 3.63) is 35.4 Å². The van der Waals surface area contributed by atoms with Crippen molar-refractivity contribution < 1.29 is 9.90 Å². The van der Waals surface area contributed by atoms with Crippen molar-refractivity contribution in [3.63, 3.8) is 0 Å². The molecule has 0 heterocycles. The van der Waals surface area contributed by atoms with Gasteiger partial charge in [-0.2, -0.15) is 0 Å². The molecular weight excluding hydrogens is 257 g/mol. The minimum absolute atomic E-state index is 0.271. The van der Waals surface area contributed by atoms with Crippen LogP contribution in [0.2, 0.25) is 5.32 Å². The van der Waals surface area contributed by atoms with E-state index < -0.39 is 12.0 Å². The molecule has 0 unspecified atom stereocenters. The van der Waals surface area contributed by atoms with Gasteiger partial charge in [-0.1, -0.05) is 0 Å². The minimum atomic E-state index is -0.902. The Kier molecular flexibility index (Phi) is 4.82. The quantitative estimate of drug-likeness (QED) is 0.787. The Morgan fingerprint density at radius 3 is 2.60 bits per heavy atom. The Morgan fingerprint density at radius 2 is 2.07 bits per heavy atom. The first-order valence-corrected chi connectivity index (χ1v) is 7.13. The second kappa shape index (κ2) is 5.91. The summed E-state index contributed by atoms with van der Waals surface area (Å²) in [5.41, 5.74) is 7.93. The zero-order valence-corrected chi connectivity index (χ0v) is 10.4. The van der Waals surface area contributed by atoms with E-state index in [0.717, 1.165) is 5.32 Å². The average molecular weight is 272 g/mol. The molecule has 82 valence electrons. The van der Waals surface area contributed by atoms with Gasteiger partial charge in [0.05, 0.1) is 0 Å². The van der Waals surface area contributed by atoms with Crippen LogP contribution in [0.4, 0.5) is 0 Å². The van der Waals surface area contributed by atoms with Gasteiger partial charge in [0.25, 0.3) is 0 Å². The van der Waals surface area contributed by atoms with Gasteiger partial charge >= 0.3 is 95.6 Å². The van der Waals surface area contributed by atoms with Crippen LogP contribution in [-0.2, 0) is 10.1 Å². The number of aliphatic carboxylic acids is 1. The third-order valence-corrected chi connectivity index (χ3v) is 4.38. The van der Waals surface area contributed by atoms with Gasteiger partial charge in [-0.05, 0) is 0 Å². The van der Waals surface area contributed by atoms with Crippen LogP contribution in [0.1, 0.15) is 11.1 Å². The number of benzene rings is 1. The molecule has 3 nitrogen and oxygen atoms in total. The molecular formula is C11H15NO2Se. The number of carboxylic acid groups (broad SMARTS) is 1. The number of carbonyl (C=O) groups is 1. The predicted octanol–water partition coefficient (Wildman–Crippen LogP) is 1.03. The van der Waals surface area contributed by atoms with Gasteiger partial charge in [-0.15, -0.1) is 0 Å². The molecule has 0 saturated heterocycles. The topological polar surface area (TPSA) is 63.3 Å². The summed E-state index contributed by atoms with van der Waals surface area (Å²) in [6, 6.07) is 7.62. The van der Waals surface area contributed by atoms with E-state index in [4.69, 9.17) is 10.8 Å². The SMILES string of the molecule is Cc1ccc(C[Se]C[C@H](N)C(=O)O)cc1. The fraction of sp³-hybridized carbons (Fsp3) is 0.364. The first kappa shape index (κ1) is 12.2. The third-order valence-electron chi connectivity index (χ3n) is 2.00. The summed E-state index contributed by atoms with van der Waals surface area (Å²) < 4.78 is 0. The molecule has 0 fully saturated rings. The molecule has 15 heavy (non-hydrogen) atoms. The molecule has 4 heteroatoms. The fourth-order valence-electron chi connectivity index (χ4n) is 1.06. The van der Waals surface area contributed by atoms with Crippen LogP contribution < -0.4 is 5.73 Å². The Hall–Kier alpha value is -0.831. The van der Waals surface area contributed by atoms with Crippen molar-refractivity contribution in [1.29, 1.82) is 0 Å². The van der Waals surface area contributed by atoms with Gasteiger partial charge in [0.2, 0.25) is 0 Å². The van der Waals surface area contributed by atoms with Gasteiger partial charge in [-0.3, -0.25) is 0 Å². The molecule has 0 aliphatic heterocycles. The van der Waals surface area contributed by atoms with Crippen molar-refractivity contribution in [2.75, 3.05) is 0 Å². The molecule has 1 rings (SSSR count). The summed E-state index contributed by atoms with van der Waals surface area (Å²) in [6.07, 6.45) is 0. The fourth-order valence-corrected chi connectivity index (χ4v) is 3.04. The number of carboxylic acids is 1.